The standard InChI is InChI=1S/C14H14ClNO2/c1-17-12-8-7-11(14(18-2)13(12)15)9-3-5-10(16)6-4-9/h3-8H,16H2,1-2H3. The van der Waals surface area contributed by atoms with Gasteiger partial charge in [0.05, 0.1) is 14.2 Å². The molecule has 0 bridgehead atoms. The highest BCUT2D eigenvalue weighted by atomic mass is 35.5. The molecule has 3 nitrogen and oxygen atoms in total. The molecule has 2 aromatic carbocycles. The minimum absolute atomic E-state index is 0.467. The maximum absolute atomic E-state index is 6.22. The summed E-state index contributed by atoms with van der Waals surface area (Å²) in [5.41, 5.74) is 8.29. The minimum atomic E-state index is 0.467. The second-order valence-electron chi connectivity index (χ2n) is 3.78. The molecular formula is C14H14ClNO2. The van der Waals surface area contributed by atoms with Crippen molar-refractivity contribution < 1.29 is 9.47 Å². The van der Waals surface area contributed by atoms with Gasteiger partial charge in [-0.25, -0.2) is 0 Å². The SMILES string of the molecule is COc1ccc(-c2ccc(N)cc2)c(OC)c1Cl. The van der Waals surface area contributed by atoms with E-state index in [1.54, 1.807) is 14.2 Å². The van der Waals surface area contributed by atoms with Gasteiger partial charge in [0, 0.05) is 11.3 Å². The first kappa shape index (κ1) is 12.6. The van der Waals surface area contributed by atoms with Crippen LogP contribution in [0.5, 0.6) is 11.5 Å². The number of nitrogens with two attached hydrogens (primary N) is 1. The number of benzene rings is 2. The molecule has 0 amide bonds. The Hall–Kier alpha value is -1.87. The van der Waals surface area contributed by atoms with Gasteiger partial charge >= 0.3 is 0 Å². The molecule has 0 aliphatic rings. The van der Waals surface area contributed by atoms with Crippen LogP contribution in [0.25, 0.3) is 11.1 Å². The highest BCUT2D eigenvalue weighted by Gasteiger charge is 2.14. The summed E-state index contributed by atoms with van der Waals surface area (Å²) in [5.74, 6) is 1.19. The molecule has 0 radical (unpaired) electrons. The molecule has 18 heavy (non-hydrogen) atoms. The molecule has 0 heterocycles. The van der Waals surface area contributed by atoms with Crippen molar-refractivity contribution in [1.29, 1.82) is 0 Å². The van der Waals surface area contributed by atoms with Gasteiger partial charge in [-0.15, -0.1) is 0 Å². The third-order valence-electron chi connectivity index (χ3n) is 2.71. The Morgan fingerprint density at radius 2 is 1.61 bits per heavy atom. The fourth-order valence-corrected chi connectivity index (χ4v) is 2.10. The number of methoxy groups -OCH3 is 2. The Bertz CT molecular complexity index is 552. The first-order valence-electron chi connectivity index (χ1n) is 5.43. The Kier molecular flexibility index (Phi) is 3.63. The van der Waals surface area contributed by atoms with E-state index in [-0.39, 0.29) is 0 Å². The van der Waals surface area contributed by atoms with Gasteiger partial charge in [-0.2, -0.15) is 0 Å². The number of hydrogen-bond acceptors (Lipinski definition) is 3. The molecule has 2 N–H and O–H groups in total. The van der Waals surface area contributed by atoms with Gasteiger partial charge in [0.15, 0.2) is 0 Å². The molecule has 2 aromatic rings. The van der Waals surface area contributed by atoms with Crippen molar-refractivity contribution in [2.24, 2.45) is 0 Å². The van der Waals surface area contributed by atoms with Crippen LogP contribution in [0.1, 0.15) is 0 Å². The van der Waals surface area contributed by atoms with Crippen LogP contribution >= 0.6 is 11.6 Å². The van der Waals surface area contributed by atoms with Crippen molar-refractivity contribution >= 4 is 17.3 Å². The Balaban J connectivity index is 2.57. The van der Waals surface area contributed by atoms with E-state index in [0.29, 0.717) is 16.5 Å². The van der Waals surface area contributed by atoms with Crippen molar-refractivity contribution in [2.45, 2.75) is 0 Å². The molecule has 0 aliphatic carbocycles. The van der Waals surface area contributed by atoms with Crippen LogP contribution in [-0.4, -0.2) is 14.2 Å². The molecule has 0 aromatic heterocycles. The van der Waals surface area contributed by atoms with Crippen LogP contribution in [0.3, 0.4) is 0 Å². The Labute approximate surface area is 111 Å². The smallest absolute Gasteiger partial charge is 0.149 e. The highest BCUT2D eigenvalue weighted by Crippen LogP contribution is 2.41. The largest absolute Gasteiger partial charge is 0.495 e. The van der Waals surface area contributed by atoms with E-state index < -0.39 is 0 Å². The lowest BCUT2D eigenvalue weighted by molar-refractivity contribution is 0.396. The van der Waals surface area contributed by atoms with Gasteiger partial charge in [-0.05, 0) is 29.8 Å². The summed E-state index contributed by atoms with van der Waals surface area (Å²) in [6.45, 7) is 0. The molecule has 94 valence electrons. The average molecular weight is 264 g/mol. The number of nitrogen functional groups attached to an aromatic ring is 1. The topological polar surface area (TPSA) is 44.5 Å². The van der Waals surface area contributed by atoms with E-state index >= 15 is 0 Å². The zero-order valence-corrected chi connectivity index (χ0v) is 11.0. The lowest BCUT2D eigenvalue weighted by atomic mass is 10.0. The third kappa shape index (κ3) is 2.22. The maximum Gasteiger partial charge on any atom is 0.149 e. The zero-order valence-electron chi connectivity index (χ0n) is 10.2. The number of halogens is 1. The fourth-order valence-electron chi connectivity index (χ4n) is 1.79. The number of hydrogen-bond donors (Lipinski definition) is 1. The van der Waals surface area contributed by atoms with Crippen LogP contribution in [0.2, 0.25) is 5.02 Å². The van der Waals surface area contributed by atoms with Gasteiger partial charge in [-0.1, -0.05) is 23.7 Å². The predicted octanol–water partition coefficient (Wildman–Crippen LogP) is 3.61. The van der Waals surface area contributed by atoms with Crippen molar-refractivity contribution in [3.05, 3.63) is 41.4 Å². The van der Waals surface area contributed by atoms with Crippen LogP contribution < -0.4 is 15.2 Å². The second-order valence-corrected chi connectivity index (χ2v) is 4.16. The fraction of sp³-hybridized carbons (Fsp3) is 0.143. The van der Waals surface area contributed by atoms with E-state index in [0.717, 1.165) is 16.8 Å². The first-order chi connectivity index (χ1) is 8.67. The number of ether oxygens (including phenoxy) is 2. The van der Waals surface area contributed by atoms with Crippen LogP contribution in [0.4, 0.5) is 5.69 Å². The van der Waals surface area contributed by atoms with E-state index in [1.165, 1.54) is 0 Å². The summed E-state index contributed by atoms with van der Waals surface area (Å²) < 4.78 is 10.5. The summed E-state index contributed by atoms with van der Waals surface area (Å²) >= 11 is 6.22. The summed E-state index contributed by atoms with van der Waals surface area (Å²) in [5, 5.41) is 0.467. The third-order valence-corrected chi connectivity index (χ3v) is 3.07. The van der Waals surface area contributed by atoms with Gasteiger partial charge in [-0.3, -0.25) is 0 Å². The van der Waals surface area contributed by atoms with E-state index in [1.807, 2.05) is 36.4 Å². The monoisotopic (exact) mass is 263 g/mol. The summed E-state index contributed by atoms with van der Waals surface area (Å²) in [4.78, 5) is 0. The van der Waals surface area contributed by atoms with Gasteiger partial charge in [0.2, 0.25) is 0 Å². The molecule has 0 saturated heterocycles. The van der Waals surface area contributed by atoms with Crippen molar-refractivity contribution in [2.75, 3.05) is 20.0 Å². The van der Waals surface area contributed by atoms with Crippen LogP contribution in [0, 0.1) is 0 Å². The van der Waals surface area contributed by atoms with E-state index in [9.17, 15) is 0 Å². The zero-order chi connectivity index (χ0) is 13.1. The van der Waals surface area contributed by atoms with Crippen molar-refractivity contribution in [1.82, 2.24) is 0 Å². The second kappa shape index (κ2) is 5.19. The Morgan fingerprint density at radius 3 is 2.17 bits per heavy atom. The normalized spacial score (nSPS) is 10.2. The molecule has 0 unspecified atom stereocenters. The minimum Gasteiger partial charge on any atom is -0.495 e. The summed E-state index contributed by atoms with van der Waals surface area (Å²) in [6, 6.07) is 11.3. The number of anilines is 1. The van der Waals surface area contributed by atoms with Crippen LogP contribution in [-0.2, 0) is 0 Å². The van der Waals surface area contributed by atoms with E-state index in [4.69, 9.17) is 26.8 Å². The van der Waals surface area contributed by atoms with Gasteiger partial charge < -0.3 is 15.2 Å². The van der Waals surface area contributed by atoms with Gasteiger partial charge in [0.25, 0.3) is 0 Å². The molecule has 4 heteroatoms. The summed E-state index contributed by atoms with van der Waals surface area (Å²) in [6.07, 6.45) is 0. The molecule has 0 atom stereocenters. The first-order valence-corrected chi connectivity index (χ1v) is 5.81. The number of rotatable bonds is 3. The highest BCUT2D eigenvalue weighted by molar-refractivity contribution is 6.34. The van der Waals surface area contributed by atoms with Crippen molar-refractivity contribution in [3.8, 4) is 22.6 Å². The quantitative estimate of drug-likeness (QED) is 0.861. The lowest BCUT2D eigenvalue weighted by Crippen LogP contribution is -1.93. The van der Waals surface area contributed by atoms with Crippen molar-refractivity contribution in [3.63, 3.8) is 0 Å². The Morgan fingerprint density at radius 1 is 0.944 bits per heavy atom. The maximum atomic E-state index is 6.22. The average Bonchev–Trinajstić information content (AvgIpc) is 2.39. The van der Waals surface area contributed by atoms with E-state index in [2.05, 4.69) is 0 Å². The molecule has 0 saturated carbocycles. The molecule has 2 rings (SSSR count). The van der Waals surface area contributed by atoms with Crippen LogP contribution in [0.15, 0.2) is 36.4 Å². The predicted molar refractivity (Wildman–Crippen MR) is 74.4 cm³/mol. The molecule has 0 aliphatic heterocycles. The van der Waals surface area contributed by atoms with Gasteiger partial charge in [0.1, 0.15) is 16.5 Å². The summed E-state index contributed by atoms with van der Waals surface area (Å²) in [7, 11) is 3.16. The molecular weight excluding hydrogens is 250 g/mol. The molecule has 0 spiro atoms. The lowest BCUT2D eigenvalue weighted by Gasteiger charge is -2.13. The molecule has 0 fully saturated rings.